The fraction of sp³-hybridized carbons (Fsp3) is 0.667. The highest BCUT2D eigenvalue weighted by molar-refractivity contribution is 7.61. The van der Waals surface area contributed by atoms with Gasteiger partial charge in [-0.1, -0.05) is 128 Å². The lowest BCUT2D eigenvalue weighted by Gasteiger charge is -2.14. The lowest BCUT2D eigenvalue weighted by Crippen LogP contribution is -1.91. The lowest BCUT2D eigenvalue weighted by molar-refractivity contribution is 0.622. The van der Waals surface area contributed by atoms with Gasteiger partial charge < -0.3 is 0 Å². The van der Waals surface area contributed by atoms with E-state index in [1.165, 1.54) is 94.9 Å². The SMILES string of the molecule is CCCCCCCCP(/C=C/c1ccccc1)CCCCCCCC. The Morgan fingerprint density at radius 3 is 1.64 bits per heavy atom. The molecule has 0 aliphatic rings. The minimum absolute atomic E-state index is 0.0861. The molecule has 0 atom stereocenters. The number of unbranched alkanes of at least 4 members (excludes halogenated alkanes) is 10. The monoisotopic (exact) mass is 360 g/mol. The normalized spacial score (nSPS) is 11.6. The summed E-state index contributed by atoms with van der Waals surface area (Å²) in [6, 6.07) is 10.8. The maximum absolute atomic E-state index is 2.56. The molecule has 1 rings (SSSR count). The molecule has 0 aromatic heterocycles. The summed E-state index contributed by atoms with van der Waals surface area (Å²) >= 11 is 0. The predicted molar refractivity (Wildman–Crippen MR) is 119 cm³/mol. The maximum atomic E-state index is 2.56. The minimum atomic E-state index is 0.0861. The Kier molecular flexibility index (Phi) is 15.1. The van der Waals surface area contributed by atoms with E-state index in [0.29, 0.717) is 0 Å². The summed E-state index contributed by atoms with van der Waals surface area (Å²) in [5, 5.41) is 0. The zero-order valence-corrected chi connectivity index (χ0v) is 17.8. The summed E-state index contributed by atoms with van der Waals surface area (Å²) in [5.74, 6) is 2.56. The maximum Gasteiger partial charge on any atom is -0.0256 e. The van der Waals surface area contributed by atoms with Crippen molar-refractivity contribution in [2.45, 2.75) is 90.9 Å². The molecule has 0 bridgehead atoms. The van der Waals surface area contributed by atoms with E-state index < -0.39 is 0 Å². The number of benzene rings is 1. The molecule has 0 saturated heterocycles. The van der Waals surface area contributed by atoms with Crippen LogP contribution in [0.5, 0.6) is 0 Å². The van der Waals surface area contributed by atoms with Crippen molar-refractivity contribution in [1.29, 1.82) is 0 Å². The van der Waals surface area contributed by atoms with Gasteiger partial charge in [-0.15, -0.1) is 0 Å². The Balaban J connectivity index is 2.31. The first kappa shape index (κ1) is 22.4. The standard InChI is InChI=1S/C24H41P/c1-3-5-7-9-11-16-21-25(22-17-12-10-8-6-4-2)23-20-24-18-14-13-15-19-24/h13-15,18-20,23H,3-12,16-17,21-22H2,1-2H3/b23-20+. The van der Waals surface area contributed by atoms with Crippen LogP contribution >= 0.6 is 7.92 Å². The Morgan fingerprint density at radius 1 is 0.640 bits per heavy atom. The van der Waals surface area contributed by atoms with Crippen LogP contribution < -0.4 is 0 Å². The van der Waals surface area contributed by atoms with Crippen molar-refractivity contribution < 1.29 is 0 Å². The molecule has 1 aromatic carbocycles. The fourth-order valence-corrected chi connectivity index (χ4v) is 5.37. The third-order valence-corrected chi connectivity index (χ3v) is 7.23. The first-order chi connectivity index (χ1) is 12.4. The lowest BCUT2D eigenvalue weighted by atomic mass is 10.1. The molecule has 25 heavy (non-hydrogen) atoms. The van der Waals surface area contributed by atoms with E-state index in [1.54, 1.807) is 0 Å². The van der Waals surface area contributed by atoms with E-state index in [2.05, 4.69) is 56.1 Å². The van der Waals surface area contributed by atoms with E-state index >= 15 is 0 Å². The zero-order chi connectivity index (χ0) is 18.0. The van der Waals surface area contributed by atoms with E-state index in [4.69, 9.17) is 0 Å². The molecule has 0 heterocycles. The third kappa shape index (κ3) is 13.3. The van der Waals surface area contributed by atoms with Gasteiger partial charge in [-0.3, -0.25) is 0 Å². The number of hydrogen-bond acceptors (Lipinski definition) is 0. The van der Waals surface area contributed by atoms with Crippen LogP contribution in [0.15, 0.2) is 36.1 Å². The molecule has 1 aromatic rings. The summed E-state index contributed by atoms with van der Waals surface area (Å²) < 4.78 is 0. The van der Waals surface area contributed by atoms with E-state index in [1.807, 2.05) is 0 Å². The van der Waals surface area contributed by atoms with Gasteiger partial charge in [0.15, 0.2) is 0 Å². The Bertz CT molecular complexity index is 393. The van der Waals surface area contributed by atoms with Gasteiger partial charge in [-0.2, -0.15) is 0 Å². The van der Waals surface area contributed by atoms with Gasteiger partial charge in [-0.05, 0) is 30.7 Å². The molecule has 1 heteroatoms. The molecule has 0 saturated carbocycles. The molecular weight excluding hydrogens is 319 g/mol. The van der Waals surface area contributed by atoms with Crippen LogP contribution in [0.2, 0.25) is 0 Å². The van der Waals surface area contributed by atoms with E-state index in [-0.39, 0.29) is 7.92 Å². The van der Waals surface area contributed by atoms with Crippen molar-refractivity contribution in [2.75, 3.05) is 12.3 Å². The molecule has 0 fully saturated rings. The van der Waals surface area contributed by atoms with Crippen molar-refractivity contribution >= 4 is 14.0 Å². The number of hydrogen-bond donors (Lipinski definition) is 0. The van der Waals surface area contributed by atoms with Gasteiger partial charge in [0.25, 0.3) is 0 Å². The Morgan fingerprint density at radius 2 is 1.12 bits per heavy atom. The second-order valence-corrected chi connectivity index (χ2v) is 9.67. The van der Waals surface area contributed by atoms with Gasteiger partial charge in [-0.25, -0.2) is 0 Å². The van der Waals surface area contributed by atoms with Crippen molar-refractivity contribution in [3.8, 4) is 0 Å². The van der Waals surface area contributed by atoms with Crippen molar-refractivity contribution in [1.82, 2.24) is 0 Å². The summed E-state index contributed by atoms with van der Waals surface area (Å²) in [6.07, 6.45) is 22.3. The van der Waals surface area contributed by atoms with Crippen molar-refractivity contribution in [3.05, 3.63) is 41.7 Å². The van der Waals surface area contributed by atoms with Gasteiger partial charge in [0.2, 0.25) is 0 Å². The molecule has 0 radical (unpaired) electrons. The van der Waals surface area contributed by atoms with Crippen molar-refractivity contribution in [2.24, 2.45) is 0 Å². The van der Waals surface area contributed by atoms with Gasteiger partial charge >= 0.3 is 0 Å². The third-order valence-electron chi connectivity index (χ3n) is 4.88. The summed E-state index contributed by atoms with van der Waals surface area (Å²) in [6.45, 7) is 4.60. The van der Waals surface area contributed by atoms with E-state index in [0.717, 1.165) is 0 Å². The van der Waals surface area contributed by atoms with Crippen LogP contribution in [0, 0.1) is 0 Å². The van der Waals surface area contributed by atoms with Crippen LogP contribution in [-0.4, -0.2) is 12.3 Å². The molecule has 0 aliphatic carbocycles. The van der Waals surface area contributed by atoms with Crippen LogP contribution in [0.25, 0.3) is 6.08 Å². The van der Waals surface area contributed by atoms with Gasteiger partial charge in [0.05, 0.1) is 0 Å². The summed E-state index contributed by atoms with van der Waals surface area (Å²) in [4.78, 5) is 0. The Labute approximate surface area is 159 Å². The first-order valence-corrected chi connectivity index (χ1v) is 12.6. The summed E-state index contributed by atoms with van der Waals surface area (Å²) in [7, 11) is 0.0861. The Hall–Kier alpha value is -0.610. The molecule has 142 valence electrons. The topological polar surface area (TPSA) is 0 Å². The molecule has 0 unspecified atom stereocenters. The van der Waals surface area contributed by atoms with Crippen LogP contribution in [0.4, 0.5) is 0 Å². The highest BCUT2D eigenvalue weighted by Crippen LogP contribution is 2.40. The molecular formula is C24H41P. The molecule has 0 N–H and O–H groups in total. The molecule has 0 amide bonds. The van der Waals surface area contributed by atoms with Gasteiger partial charge in [0.1, 0.15) is 0 Å². The van der Waals surface area contributed by atoms with Crippen LogP contribution in [0.3, 0.4) is 0 Å². The molecule has 0 aliphatic heterocycles. The second kappa shape index (κ2) is 16.8. The fourth-order valence-electron chi connectivity index (χ4n) is 3.21. The molecule has 0 nitrogen and oxygen atoms in total. The second-order valence-electron chi connectivity index (χ2n) is 7.30. The average molecular weight is 361 g/mol. The van der Waals surface area contributed by atoms with E-state index in [9.17, 15) is 0 Å². The van der Waals surface area contributed by atoms with Crippen molar-refractivity contribution in [3.63, 3.8) is 0 Å². The highest BCUT2D eigenvalue weighted by atomic mass is 31.1. The quantitative estimate of drug-likeness (QED) is 0.204. The predicted octanol–water partition coefficient (Wildman–Crippen LogP) is 8.86. The molecule has 0 spiro atoms. The minimum Gasteiger partial charge on any atom is -0.0832 e. The highest BCUT2D eigenvalue weighted by Gasteiger charge is 2.04. The largest absolute Gasteiger partial charge is 0.0832 e. The smallest absolute Gasteiger partial charge is 0.0256 e. The zero-order valence-electron chi connectivity index (χ0n) is 16.9. The average Bonchev–Trinajstić information content (AvgIpc) is 2.65. The van der Waals surface area contributed by atoms with Crippen LogP contribution in [0.1, 0.15) is 96.5 Å². The first-order valence-electron chi connectivity index (χ1n) is 10.8. The number of rotatable bonds is 16. The van der Waals surface area contributed by atoms with Crippen LogP contribution in [-0.2, 0) is 0 Å². The summed E-state index contributed by atoms with van der Waals surface area (Å²) in [5.41, 5.74) is 1.36. The van der Waals surface area contributed by atoms with Gasteiger partial charge in [0, 0.05) is 0 Å².